The van der Waals surface area contributed by atoms with Gasteiger partial charge in [-0.3, -0.25) is 4.79 Å². The van der Waals surface area contributed by atoms with E-state index in [0.717, 1.165) is 25.7 Å². The minimum atomic E-state index is 0.172. The molecule has 0 aromatic heterocycles. The molecule has 0 spiro atoms. The minimum Gasteiger partial charge on any atom is -0.343 e. The van der Waals surface area contributed by atoms with Crippen molar-refractivity contribution in [2.45, 2.75) is 51.6 Å². The van der Waals surface area contributed by atoms with E-state index in [1.807, 2.05) is 25.8 Å². The van der Waals surface area contributed by atoms with Crippen LogP contribution in [0.2, 0.25) is 0 Å². The predicted molar refractivity (Wildman–Crippen MR) is 57.8 cm³/mol. The summed E-state index contributed by atoms with van der Waals surface area (Å²) in [5, 5.41) is 0. The molecule has 1 saturated carbocycles. The van der Waals surface area contributed by atoms with Crippen molar-refractivity contribution in [1.29, 1.82) is 0 Å². The highest BCUT2D eigenvalue weighted by molar-refractivity contribution is 5.79. The number of carbonyl (C=O) groups excluding carboxylic acids is 1. The highest BCUT2D eigenvalue weighted by atomic mass is 16.2. The van der Waals surface area contributed by atoms with Crippen LogP contribution in [0.4, 0.5) is 0 Å². The molecule has 0 aliphatic heterocycles. The number of rotatable bonds is 2. The van der Waals surface area contributed by atoms with E-state index in [4.69, 9.17) is 5.73 Å². The Morgan fingerprint density at radius 1 is 1.43 bits per heavy atom. The zero-order chi connectivity index (χ0) is 10.7. The molecule has 1 aliphatic rings. The molecule has 1 aliphatic carbocycles. The van der Waals surface area contributed by atoms with E-state index in [1.54, 1.807) is 0 Å². The molecule has 14 heavy (non-hydrogen) atoms. The second-order valence-corrected chi connectivity index (χ2v) is 4.67. The van der Waals surface area contributed by atoms with Gasteiger partial charge in [0.05, 0.1) is 0 Å². The summed E-state index contributed by atoms with van der Waals surface area (Å²) in [6.45, 7) is 4.08. The number of hydrogen-bond acceptors (Lipinski definition) is 2. The van der Waals surface area contributed by atoms with Crippen LogP contribution in [0.5, 0.6) is 0 Å². The Hall–Kier alpha value is -0.570. The first-order valence-corrected chi connectivity index (χ1v) is 5.54. The fraction of sp³-hybridized carbons (Fsp3) is 0.909. The van der Waals surface area contributed by atoms with Crippen LogP contribution in [-0.4, -0.2) is 29.9 Å². The number of amides is 1. The zero-order valence-electron chi connectivity index (χ0n) is 9.49. The number of nitrogens with two attached hydrogens (primary N) is 1. The molecule has 1 amide bonds. The van der Waals surface area contributed by atoms with Crippen molar-refractivity contribution in [2.75, 3.05) is 7.05 Å². The summed E-state index contributed by atoms with van der Waals surface area (Å²) in [4.78, 5) is 13.8. The summed E-state index contributed by atoms with van der Waals surface area (Å²) < 4.78 is 0. The van der Waals surface area contributed by atoms with E-state index >= 15 is 0 Å². The summed E-state index contributed by atoms with van der Waals surface area (Å²) in [7, 11) is 1.88. The van der Waals surface area contributed by atoms with E-state index in [0.29, 0.717) is 6.04 Å². The number of carbonyl (C=O) groups is 1. The molecule has 0 aromatic rings. The molecule has 1 rings (SSSR count). The summed E-state index contributed by atoms with van der Waals surface area (Å²) in [6.07, 6.45) is 4.07. The first-order valence-electron chi connectivity index (χ1n) is 5.54. The topological polar surface area (TPSA) is 46.3 Å². The fourth-order valence-corrected chi connectivity index (χ4v) is 1.99. The number of nitrogens with zero attached hydrogens (tertiary/aromatic N) is 1. The van der Waals surface area contributed by atoms with Gasteiger partial charge in [-0.25, -0.2) is 0 Å². The molecular formula is C11H22N2O. The Bertz CT molecular complexity index is 203. The second kappa shape index (κ2) is 4.78. The summed E-state index contributed by atoms with van der Waals surface area (Å²) in [5.74, 6) is 0.446. The van der Waals surface area contributed by atoms with Crippen LogP contribution in [0.1, 0.15) is 39.5 Å². The van der Waals surface area contributed by atoms with Crippen LogP contribution in [0.15, 0.2) is 0 Å². The lowest BCUT2D eigenvalue weighted by molar-refractivity contribution is -0.136. The lowest BCUT2D eigenvalue weighted by atomic mass is 9.85. The maximum absolute atomic E-state index is 12.0. The lowest BCUT2D eigenvalue weighted by Gasteiger charge is -2.31. The zero-order valence-corrected chi connectivity index (χ0v) is 9.49. The molecule has 2 unspecified atom stereocenters. The maximum atomic E-state index is 12.0. The van der Waals surface area contributed by atoms with Gasteiger partial charge >= 0.3 is 0 Å². The predicted octanol–water partition coefficient (Wildman–Crippen LogP) is 1.37. The Labute approximate surface area is 86.6 Å². The molecule has 3 nitrogen and oxygen atoms in total. The third-order valence-corrected chi connectivity index (χ3v) is 3.19. The fourth-order valence-electron chi connectivity index (χ4n) is 1.99. The van der Waals surface area contributed by atoms with Crippen LogP contribution in [0.3, 0.4) is 0 Å². The summed E-state index contributed by atoms with van der Waals surface area (Å²) in [5.41, 5.74) is 5.87. The highest BCUT2D eigenvalue weighted by Crippen LogP contribution is 2.25. The molecule has 2 N–H and O–H groups in total. The van der Waals surface area contributed by atoms with Crippen molar-refractivity contribution < 1.29 is 4.79 Å². The highest BCUT2D eigenvalue weighted by Gasteiger charge is 2.28. The van der Waals surface area contributed by atoms with Crippen LogP contribution >= 0.6 is 0 Å². The molecule has 2 atom stereocenters. The van der Waals surface area contributed by atoms with Gasteiger partial charge in [0.25, 0.3) is 0 Å². The van der Waals surface area contributed by atoms with Gasteiger partial charge in [0.1, 0.15) is 0 Å². The third-order valence-electron chi connectivity index (χ3n) is 3.19. The van der Waals surface area contributed by atoms with Gasteiger partial charge in [0, 0.05) is 25.0 Å². The van der Waals surface area contributed by atoms with E-state index < -0.39 is 0 Å². The Kier molecular flexibility index (Phi) is 3.93. The minimum absolute atomic E-state index is 0.172. The SMILES string of the molecule is CC(C)N(C)C(=O)C1CCCC(N)C1. The van der Waals surface area contributed by atoms with Gasteiger partial charge in [-0.1, -0.05) is 6.42 Å². The monoisotopic (exact) mass is 198 g/mol. The van der Waals surface area contributed by atoms with Crippen LogP contribution < -0.4 is 5.73 Å². The molecule has 0 saturated heterocycles. The third kappa shape index (κ3) is 2.71. The van der Waals surface area contributed by atoms with Crippen molar-refractivity contribution in [1.82, 2.24) is 4.90 Å². The van der Waals surface area contributed by atoms with Crippen molar-refractivity contribution in [3.05, 3.63) is 0 Å². The molecule has 0 heterocycles. The molecule has 0 radical (unpaired) electrons. The van der Waals surface area contributed by atoms with E-state index in [1.165, 1.54) is 0 Å². The van der Waals surface area contributed by atoms with Crippen LogP contribution in [-0.2, 0) is 4.79 Å². The van der Waals surface area contributed by atoms with E-state index in [-0.39, 0.29) is 17.9 Å². The molecule has 0 bridgehead atoms. The van der Waals surface area contributed by atoms with Crippen LogP contribution in [0, 0.1) is 5.92 Å². The molecule has 3 heteroatoms. The second-order valence-electron chi connectivity index (χ2n) is 4.67. The average Bonchev–Trinajstić information content (AvgIpc) is 2.15. The molecule has 1 fully saturated rings. The number of hydrogen-bond donors (Lipinski definition) is 1. The largest absolute Gasteiger partial charge is 0.343 e. The lowest BCUT2D eigenvalue weighted by Crippen LogP contribution is -2.41. The smallest absolute Gasteiger partial charge is 0.225 e. The van der Waals surface area contributed by atoms with Crippen molar-refractivity contribution >= 4 is 5.91 Å². The first kappa shape index (κ1) is 11.5. The average molecular weight is 198 g/mol. The van der Waals surface area contributed by atoms with Gasteiger partial charge in [-0.15, -0.1) is 0 Å². The first-order chi connectivity index (χ1) is 6.52. The maximum Gasteiger partial charge on any atom is 0.225 e. The van der Waals surface area contributed by atoms with Gasteiger partial charge in [-0.05, 0) is 33.1 Å². The van der Waals surface area contributed by atoms with E-state index in [2.05, 4.69) is 0 Å². The quantitative estimate of drug-likeness (QED) is 0.728. The van der Waals surface area contributed by atoms with Gasteiger partial charge in [0.2, 0.25) is 5.91 Å². The van der Waals surface area contributed by atoms with Gasteiger partial charge < -0.3 is 10.6 Å². The van der Waals surface area contributed by atoms with Crippen LogP contribution in [0.25, 0.3) is 0 Å². The van der Waals surface area contributed by atoms with Crippen molar-refractivity contribution in [3.63, 3.8) is 0 Å². The van der Waals surface area contributed by atoms with Gasteiger partial charge in [-0.2, -0.15) is 0 Å². The Balaban J connectivity index is 2.51. The molecular weight excluding hydrogens is 176 g/mol. The Morgan fingerprint density at radius 3 is 2.57 bits per heavy atom. The molecule has 0 aromatic carbocycles. The van der Waals surface area contributed by atoms with E-state index in [9.17, 15) is 4.79 Å². The van der Waals surface area contributed by atoms with Crippen molar-refractivity contribution in [2.24, 2.45) is 11.7 Å². The summed E-state index contributed by atoms with van der Waals surface area (Å²) >= 11 is 0. The summed E-state index contributed by atoms with van der Waals surface area (Å²) in [6, 6.07) is 0.527. The molecule has 82 valence electrons. The normalized spacial score (nSPS) is 27.8. The Morgan fingerprint density at radius 2 is 2.07 bits per heavy atom. The van der Waals surface area contributed by atoms with Gasteiger partial charge in [0.15, 0.2) is 0 Å². The standard InChI is InChI=1S/C11H22N2O/c1-8(2)13(3)11(14)9-5-4-6-10(12)7-9/h8-10H,4-7,12H2,1-3H3. The van der Waals surface area contributed by atoms with Crippen molar-refractivity contribution in [3.8, 4) is 0 Å².